The van der Waals surface area contributed by atoms with Gasteiger partial charge >= 0.3 is 0 Å². The molecule has 5 heteroatoms. The summed E-state index contributed by atoms with van der Waals surface area (Å²) >= 11 is 7.08. The number of halogens is 2. The Bertz CT molecular complexity index is 359. The first-order chi connectivity index (χ1) is 5.75. The molecule has 0 saturated heterocycles. The average molecular weight is 356 g/mol. The molecule has 0 N–H and O–H groups in total. The molecule has 0 amide bonds. The van der Waals surface area contributed by atoms with Crippen LogP contribution >= 0.6 is 49.9 Å². The molecule has 2 nitrogen and oxygen atoms in total. The van der Waals surface area contributed by atoms with E-state index in [4.69, 9.17) is 4.42 Å². The third kappa shape index (κ3) is 1.72. The maximum Gasteiger partial charge on any atom is 0.257 e. The lowest BCUT2D eigenvalue weighted by Gasteiger charge is -1.83. The fourth-order valence-electron chi connectivity index (χ4n) is 0.812. The highest BCUT2D eigenvalue weighted by Gasteiger charge is 2.05. The van der Waals surface area contributed by atoms with Crippen LogP contribution in [0, 0.1) is 3.90 Å². The molecule has 2 heterocycles. The molecule has 2 rings (SSSR count). The molecule has 0 aliphatic heterocycles. The predicted molar refractivity (Wildman–Crippen MR) is 60.2 cm³/mol. The Morgan fingerprint density at radius 3 is 2.92 bits per heavy atom. The summed E-state index contributed by atoms with van der Waals surface area (Å²) in [4.78, 5) is 5.32. The molecule has 0 bridgehead atoms. The van der Waals surface area contributed by atoms with E-state index in [1.54, 1.807) is 17.6 Å². The first-order valence-electron chi connectivity index (χ1n) is 3.11. The Kier molecular flexibility index (Phi) is 2.52. The summed E-state index contributed by atoms with van der Waals surface area (Å²) in [5.74, 6) is 0. The van der Waals surface area contributed by atoms with Crippen molar-refractivity contribution in [3.8, 4) is 10.6 Å². The lowest BCUT2D eigenvalue weighted by atomic mass is 10.4. The molecule has 0 aromatic carbocycles. The van der Waals surface area contributed by atoms with Gasteiger partial charge in [0, 0.05) is 32.4 Å². The van der Waals surface area contributed by atoms with Gasteiger partial charge in [-0.3, -0.25) is 0 Å². The van der Waals surface area contributed by atoms with Gasteiger partial charge in [-0.25, -0.2) is 4.98 Å². The Morgan fingerprint density at radius 2 is 2.42 bits per heavy atom. The normalized spacial score (nSPS) is 10.5. The van der Waals surface area contributed by atoms with Gasteiger partial charge in [-0.2, -0.15) is 0 Å². The minimum atomic E-state index is 0.673. The molecule has 0 fully saturated rings. The van der Waals surface area contributed by atoms with Gasteiger partial charge in [0.1, 0.15) is 12.0 Å². The van der Waals surface area contributed by atoms with Crippen LogP contribution in [0.3, 0.4) is 0 Å². The Labute approximate surface area is 95.3 Å². The second-order valence-electron chi connectivity index (χ2n) is 2.11. The summed E-state index contributed by atoms with van der Waals surface area (Å²) in [6, 6.07) is 2.03. The summed E-state index contributed by atoms with van der Waals surface area (Å²) < 4.78 is 6.85. The van der Waals surface area contributed by atoms with E-state index >= 15 is 0 Å². The van der Waals surface area contributed by atoms with E-state index in [0.29, 0.717) is 3.90 Å². The Balaban J connectivity index is 2.43. The van der Waals surface area contributed by atoms with Crippen LogP contribution in [-0.4, -0.2) is 4.98 Å². The first kappa shape index (κ1) is 8.71. The number of aromatic nitrogens is 1. The lowest BCUT2D eigenvalue weighted by Crippen LogP contribution is -1.70. The van der Waals surface area contributed by atoms with Crippen molar-refractivity contribution in [3.05, 3.63) is 26.1 Å². The quantitative estimate of drug-likeness (QED) is 0.728. The van der Waals surface area contributed by atoms with Crippen LogP contribution in [0.5, 0.6) is 0 Å². The average Bonchev–Trinajstić information content (AvgIpc) is 2.58. The fourth-order valence-corrected chi connectivity index (χ4v) is 2.58. The smallest absolute Gasteiger partial charge is 0.257 e. The van der Waals surface area contributed by atoms with Gasteiger partial charge in [0.05, 0.1) is 4.88 Å². The zero-order chi connectivity index (χ0) is 8.55. The predicted octanol–water partition coefficient (Wildman–Crippen LogP) is 3.77. The van der Waals surface area contributed by atoms with Crippen LogP contribution in [0.25, 0.3) is 10.6 Å². The van der Waals surface area contributed by atoms with Crippen molar-refractivity contribution in [1.29, 1.82) is 0 Å². The molecule has 12 heavy (non-hydrogen) atoms. The maximum atomic E-state index is 5.10. The zero-order valence-corrected chi connectivity index (χ0v) is 10.3. The number of thiophene rings is 1. The minimum absolute atomic E-state index is 0.673. The second kappa shape index (κ2) is 3.47. The number of hydrogen-bond acceptors (Lipinski definition) is 3. The molecule has 0 atom stereocenters. The van der Waals surface area contributed by atoms with E-state index in [2.05, 4.69) is 20.9 Å². The van der Waals surface area contributed by atoms with Crippen molar-refractivity contribution in [2.24, 2.45) is 0 Å². The fraction of sp³-hybridized carbons (Fsp3) is 0. The summed E-state index contributed by atoms with van der Waals surface area (Å²) in [5.41, 5.74) is 0.898. The van der Waals surface area contributed by atoms with Gasteiger partial charge in [-0.1, -0.05) is 0 Å². The lowest BCUT2D eigenvalue weighted by molar-refractivity contribution is 0.525. The molecule has 0 aliphatic rings. The minimum Gasteiger partial charge on any atom is -0.440 e. The summed E-state index contributed by atoms with van der Waals surface area (Å²) in [6.45, 7) is 0. The molecule has 62 valence electrons. The highest BCUT2D eigenvalue weighted by atomic mass is 127. The molecule has 0 radical (unpaired) electrons. The summed E-state index contributed by atoms with van der Waals surface area (Å²) in [5, 5.41) is 2.02. The molecular formula is C7H3BrINOS. The molecule has 2 aromatic heterocycles. The van der Waals surface area contributed by atoms with Crippen LogP contribution in [-0.2, 0) is 0 Å². The van der Waals surface area contributed by atoms with Gasteiger partial charge in [0.15, 0.2) is 0 Å². The summed E-state index contributed by atoms with van der Waals surface area (Å²) in [7, 11) is 0. The number of hydrogen-bond donors (Lipinski definition) is 0. The second-order valence-corrected chi connectivity index (χ2v) is 4.86. The monoisotopic (exact) mass is 355 g/mol. The van der Waals surface area contributed by atoms with Gasteiger partial charge in [-0.05, 0) is 22.0 Å². The third-order valence-electron chi connectivity index (χ3n) is 1.30. The number of nitrogens with zero attached hydrogens (tertiary/aromatic N) is 1. The standard InChI is InChI=1S/C7H3BrINOS/c8-4-1-6(12-3-4)5-2-11-7(9)10-5/h1-3H. The summed E-state index contributed by atoms with van der Waals surface area (Å²) in [6.07, 6.45) is 1.67. The van der Waals surface area contributed by atoms with E-state index in [1.807, 2.05) is 34.0 Å². The van der Waals surface area contributed by atoms with E-state index in [0.717, 1.165) is 15.0 Å². The molecule has 0 saturated carbocycles. The van der Waals surface area contributed by atoms with Crippen LogP contribution in [0.4, 0.5) is 0 Å². The third-order valence-corrected chi connectivity index (χ3v) is 3.51. The molecular weight excluding hydrogens is 353 g/mol. The van der Waals surface area contributed by atoms with Crippen LogP contribution in [0.1, 0.15) is 0 Å². The van der Waals surface area contributed by atoms with Gasteiger partial charge in [0.25, 0.3) is 3.90 Å². The van der Waals surface area contributed by atoms with E-state index in [-0.39, 0.29) is 0 Å². The number of rotatable bonds is 1. The molecule has 0 spiro atoms. The highest BCUT2D eigenvalue weighted by Crippen LogP contribution is 2.29. The van der Waals surface area contributed by atoms with Gasteiger partial charge in [0.2, 0.25) is 0 Å². The Morgan fingerprint density at radius 1 is 1.58 bits per heavy atom. The van der Waals surface area contributed by atoms with Crippen LogP contribution < -0.4 is 0 Å². The van der Waals surface area contributed by atoms with Crippen LogP contribution in [0.2, 0.25) is 0 Å². The van der Waals surface area contributed by atoms with E-state index in [1.165, 1.54) is 0 Å². The molecule has 0 unspecified atom stereocenters. The highest BCUT2D eigenvalue weighted by molar-refractivity contribution is 14.1. The molecule has 2 aromatic rings. The van der Waals surface area contributed by atoms with Crippen molar-refractivity contribution >= 4 is 49.9 Å². The SMILES string of the molecule is Brc1csc(-c2coc(I)n2)c1. The van der Waals surface area contributed by atoms with Crippen molar-refractivity contribution < 1.29 is 4.42 Å². The van der Waals surface area contributed by atoms with Crippen LogP contribution in [0.15, 0.2) is 26.6 Å². The van der Waals surface area contributed by atoms with Crippen molar-refractivity contribution in [1.82, 2.24) is 4.98 Å². The van der Waals surface area contributed by atoms with E-state index < -0.39 is 0 Å². The Hall–Kier alpha value is 0.120. The number of oxazole rings is 1. The van der Waals surface area contributed by atoms with Crippen molar-refractivity contribution in [2.75, 3.05) is 0 Å². The largest absolute Gasteiger partial charge is 0.440 e. The zero-order valence-electron chi connectivity index (χ0n) is 5.75. The van der Waals surface area contributed by atoms with E-state index in [9.17, 15) is 0 Å². The van der Waals surface area contributed by atoms with Crippen molar-refractivity contribution in [3.63, 3.8) is 0 Å². The van der Waals surface area contributed by atoms with Crippen molar-refractivity contribution in [2.45, 2.75) is 0 Å². The topological polar surface area (TPSA) is 26.0 Å². The van der Waals surface area contributed by atoms with Gasteiger partial charge < -0.3 is 4.42 Å². The van der Waals surface area contributed by atoms with Gasteiger partial charge in [-0.15, -0.1) is 11.3 Å². The maximum absolute atomic E-state index is 5.10. The molecule has 0 aliphatic carbocycles. The first-order valence-corrected chi connectivity index (χ1v) is 5.86.